The number of alkyl halides is 3. The molecule has 0 aromatic heterocycles. The summed E-state index contributed by atoms with van der Waals surface area (Å²) in [6, 6.07) is 5.10. The van der Waals surface area contributed by atoms with E-state index in [9.17, 15) is 27.6 Å². The van der Waals surface area contributed by atoms with E-state index in [0.29, 0.717) is 29.9 Å². The molecule has 0 spiro atoms. The molecule has 1 aromatic rings. The lowest BCUT2D eigenvalue weighted by atomic mass is 9.72. The molecular weight excluding hydrogens is 465 g/mol. The number of Topliss-reactive ketones (excluding diaryl/α,β-unsaturated/α-hetero) is 1. The highest BCUT2D eigenvalue weighted by atomic mass is 19.4. The van der Waals surface area contributed by atoms with Crippen LogP contribution in [0.5, 0.6) is 11.5 Å². The van der Waals surface area contributed by atoms with Gasteiger partial charge in [-0.1, -0.05) is 19.9 Å². The van der Waals surface area contributed by atoms with Gasteiger partial charge in [0.1, 0.15) is 0 Å². The molecular formula is C25H29F3N2O5. The number of carbonyl (C=O) groups is 3. The van der Waals surface area contributed by atoms with Gasteiger partial charge in [0, 0.05) is 24.6 Å². The molecule has 1 unspecified atom stereocenters. The van der Waals surface area contributed by atoms with E-state index in [1.165, 1.54) is 14.2 Å². The summed E-state index contributed by atoms with van der Waals surface area (Å²) >= 11 is 0. The Labute approximate surface area is 201 Å². The monoisotopic (exact) mass is 494 g/mol. The van der Waals surface area contributed by atoms with Gasteiger partial charge >= 0.3 is 6.18 Å². The summed E-state index contributed by atoms with van der Waals surface area (Å²) in [5.41, 5.74) is -3.85. The largest absolute Gasteiger partial charge is 0.493 e. The van der Waals surface area contributed by atoms with E-state index in [0.717, 1.165) is 4.90 Å². The molecule has 10 heteroatoms. The molecule has 1 saturated carbocycles. The van der Waals surface area contributed by atoms with Gasteiger partial charge in [-0.15, -0.1) is 0 Å². The quantitative estimate of drug-likeness (QED) is 0.627. The van der Waals surface area contributed by atoms with Gasteiger partial charge in [0.05, 0.1) is 19.8 Å². The van der Waals surface area contributed by atoms with Crippen molar-refractivity contribution in [2.75, 3.05) is 20.8 Å². The minimum absolute atomic E-state index is 0.0464. The van der Waals surface area contributed by atoms with Crippen molar-refractivity contribution in [3.8, 4) is 11.5 Å². The Hall–Kier alpha value is -3.04. The van der Waals surface area contributed by atoms with Crippen molar-refractivity contribution in [2.45, 2.75) is 57.7 Å². The summed E-state index contributed by atoms with van der Waals surface area (Å²) in [5, 5.41) is 1.99. The summed E-state index contributed by atoms with van der Waals surface area (Å²) in [6.45, 7) is 3.47. The van der Waals surface area contributed by atoms with Gasteiger partial charge in [-0.05, 0) is 48.8 Å². The fraction of sp³-hybridized carbons (Fsp3) is 0.560. The molecule has 1 fully saturated rings. The lowest BCUT2D eigenvalue weighted by Crippen LogP contribution is -2.66. The molecule has 1 aromatic carbocycles. The molecule has 1 aliphatic heterocycles. The summed E-state index contributed by atoms with van der Waals surface area (Å²) in [4.78, 5) is 40.3. The molecule has 4 rings (SSSR count). The predicted octanol–water partition coefficient (Wildman–Crippen LogP) is 3.56. The van der Waals surface area contributed by atoms with Crippen LogP contribution < -0.4 is 14.8 Å². The maximum Gasteiger partial charge on any atom is 0.425 e. The molecule has 7 nitrogen and oxygen atoms in total. The number of ketones is 1. The SMILES string of the molecule is COc1ccc(CCN2C(=O)C(NC(=O)C3CC3)(C(F)(F)F)C3=C2CC(C)(C)CC3=O)cc1OC. The summed E-state index contributed by atoms with van der Waals surface area (Å²) < 4.78 is 54.6. The van der Waals surface area contributed by atoms with Crippen molar-refractivity contribution in [2.24, 2.45) is 11.3 Å². The van der Waals surface area contributed by atoms with Crippen LogP contribution in [-0.2, 0) is 20.8 Å². The topological polar surface area (TPSA) is 84.9 Å². The Morgan fingerprint density at radius 3 is 2.34 bits per heavy atom. The molecule has 3 aliphatic rings. The van der Waals surface area contributed by atoms with Crippen molar-refractivity contribution < 1.29 is 37.0 Å². The highest BCUT2D eigenvalue weighted by molar-refractivity contribution is 6.13. The highest BCUT2D eigenvalue weighted by Gasteiger charge is 2.71. The normalized spacial score (nSPS) is 23.9. The van der Waals surface area contributed by atoms with Crippen molar-refractivity contribution in [1.82, 2.24) is 10.2 Å². The molecule has 0 bridgehead atoms. The van der Waals surface area contributed by atoms with Crippen LogP contribution in [0.15, 0.2) is 29.5 Å². The van der Waals surface area contributed by atoms with E-state index in [1.807, 2.05) is 5.32 Å². The Morgan fingerprint density at radius 2 is 1.77 bits per heavy atom. The molecule has 0 radical (unpaired) electrons. The number of halogens is 3. The van der Waals surface area contributed by atoms with Gasteiger partial charge in [-0.25, -0.2) is 0 Å². The third kappa shape index (κ3) is 4.27. The Balaban J connectivity index is 1.74. The number of rotatable bonds is 7. The third-order valence-electron chi connectivity index (χ3n) is 6.88. The number of ether oxygens (including phenoxy) is 2. The number of carbonyl (C=O) groups excluding carboxylic acids is 3. The standard InChI is InChI=1S/C25H29F3N2O5/c1-23(2)12-16-20(17(31)13-23)24(25(26,27)28,29-21(32)15-6-7-15)22(33)30(16)10-9-14-5-8-18(34-3)19(11-14)35-4/h5,8,11,15H,6-7,9-10,12-13H2,1-4H3,(H,29,32). The fourth-order valence-electron chi connectivity index (χ4n) is 4.97. The van der Waals surface area contributed by atoms with Crippen LogP contribution in [0.2, 0.25) is 0 Å². The van der Waals surface area contributed by atoms with Gasteiger partial charge in [-0.2, -0.15) is 13.2 Å². The van der Waals surface area contributed by atoms with Crippen LogP contribution in [0.4, 0.5) is 13.2 Å². The van der Waals surface area contributed by atoms with Gasteiger partial charge in [0.2, 0.25) is 11.4 Å². The zero-order valence-corrected chi connectivity index (χ0v) is 20.2. The van der Waals surface area contributed by atoms with Gasteiger partial charge in [-0.3, -0.25) is 14.4 Å². The number of hydrogen-bond donors (Lipinski definition) is 1. The molecule has 1 heterocycles. The number of nitrogens with zero attached hydrogens (tertiary/aromatic N) is 1. The number of methoxy groups -OCH3 is 2. The average molecular weight is 495 g/mol. The van der Waals surface area contributed by atoms with Crippen LogP contribution in [0, 0.1) is 11.3 Å². The van der Waals surface area contributed by atoms with Crippen LogP contribution in [-0.4, -0.2) is 55.0 Å². The Bertz CT molecular complexity index is 1110. The first-order valence-corrected chi connectivity index (χ1v) is 11.5. The minimum atomic E-state index is -5.18. The minimum Gasteiger partial charge on any atom is -0.493 e. The maximum absolute atomic E-state index is 14.7. The maximum atomic E-state index is 14.7. The zero-order chi connectivity index (χ0) is 25.8. The number of benzene rings is 1. The van der Waals surface area contributed by atoms with Crippen molar-refractivity contribution >= 4 is 17.6 Å². The predicted molar refractivity (Wildman–Crippen MR) is 120 cm³/mol. The van der Waals surface area contributed by atoms with E-state index in [4.69, 9.17) is 9.47 Å². The second-order valence-electron chi connectivity index (χ2n) is 10.2. The molecule has 0 saturated heterocycles. The Kier molecular flexibility index (Phi) is 6.13. The van der Waals surface area contributed by atoms with Gasteiger partial charge < -0.3 is 19.7 Å². The first kappa shape index (κ1) is 25.1. The highest BCUT2D eigenvalue weighted by Crippen LogP contribution is 2.52. The Morgan fingerprint density at radius 1 is 1.11 bits per heavy atom. The summed E-state index contributed by atoms with van der Waals surface area (Å²) in [5.74, 6) is -2.55. The first-order valence-electron chi connectivity index (χ1n) is 11.5. The van der Waals surface area contributed by atoms with Crippen molar-refractivity contribution in [3.63, 3.8) is 0 Å². The van der Waals surface area contributed by atoms with E-state index < -0.39 is 46.2 Å². The van der Waals surface area contributed by atoms with Gasteiger partial charge in [0.15, 0.2) is 17.3 Å². The second kappa shape index (κ2) is 8.57. The van der Waals surface area contributed by atoms with Crippen LogP contribution in [0.25, 0.3) is 0 Å². The molecule has 1 atom stereocenters. The van der Waals surface area contributed by atoms with Gasteiger partial charge in [0.25, 0.3) is 5.91 Å². The number of nitrogens with one attached hydrogen (secondary N) is 1. The number of hydrogen-bond acceptors (Lipinski definition) is 5. The number of amides is 2. The van der Waals surface area contributed by atoms with Crippen molar-refractivity contribution in [3.05, 3.63) is 35.0 Å². The molecule has 2 aliphatic carbocycles. The average Bonchev–Trinajstić information content (AvgIpc) is 3.58. The van der Waals surface area contributed by atoms with Crippen LogP contribution >= 0.6 is 0 Å². The second-order valence-corrected chi connectivity index (χ2v) is 10.2. The first-order chi connectivity index (χ1) is 16.3. The lowest BCUT2D eigenvalue weighted by Gasteiger charge is -2.35. The van der Waals surface area contributed by atoms with Crippen LogP contribution in [0.1, 0.15) is 45.1 Å². The van der Waals surface area contributed by atoms with E-state index in [1.54, 1.807) is 32.0 Å². The van der Waals surface area contributed by atoms with E-state index in [2.05, 4.69) is 0 Å². The summed E-state index contributed by atoms with van der Waals surface area (Å²) in [6.07, 6.45) is -4.07. The fourth-order valence-corrected chi connectivity index (χ4v) is 4.97. The lowest BCUT2D eigenvalue weighted by molar-refractivity contribution is -0.194. The molecule has 2 amide bonds. The number of allylic oxidation sites excluding steroid dienone is 1. The zero-order valence-electron chi connectivity index (χ0n) is 20.2. The van der Waals surface area contributed by atoms with Crippen molar-refractivity contribution in [1.29, 1.82) is 0 Å². The third-order valence-corrected chi connectivity index (χ3v) is 6.88. The van der Waals surface area contributed by atoms with Crippen LogP contribution in [0.3, 0.4) is 0 Å². The smallest absolute Gasteiger partial charge is 0.425 e. The summed E-state index contributed by atoms with van der Waals surface area (Å²) in [7, 11) is 2.96. The molecule has 1 N–H and O–H groups in total. The van der Waals surface area contributed by atoms with E-state index >= 15 is 0 Å². The van der Waals surface area contributed by atoms with E-state index in [-0.39, 0.29) is 31.5 Å². The molecule has 190 valence electrons. The molecule has 35 heavy (non-hydrogen) atoms.